The van der Waals surface area contributed by atoms with Gasteiger partial charge in [-0.2, -0.15) is 0 Å². The minimum Gasteiger partial charge on any atom is -0.395 e. The quantitative estimate of drug-likeness (QED) is 0.540. The molecule has 0 atom stereocenters. The van der Waals surface area contributed by atoms with Gasteiger partial charge in [-0.25, -0.2) is 0 Å². The average molecular weight is 295 g/mol. The van der Waals surface area contributed by atoms with Crippen molar-refractivity contribution in [3.05, 3.63) is 30.3 Å². The van der Waals surface area contributed by atoms with E-state index in [1.165, 1.54) is 5.69 Å². The highest BCUT2D eigenvalue weighted by molar-refractivity contribution is 6.64. The summed E-state index contributed by atoms with van der Waals surface area (Å²) in [5.41, 5.74) is 1.05. The van der Waals surface area contributed by atoms with Crippen LogP contribution in [0.5, 0.6) is 0 Å². The first kappa shape index (κ1) is 17.2. The maximum Gasteiger partial charge on any atom is 0.332 e. The van der Waals surface area contributed by atoms with Crippen molar-refractivity contribution in [3.63, 3.8) is 0 Å². The molecule has 0 bridgehead atoms. The molecule has 0 spiro atoms. The molecule has 114 valence electrons. The van der Waals surface area contributed by atoms with Gasteiger partial charge in [-0.1, -0.05) is 18.2 Å². The molecule has 0 aliphatic carbocycles. The normalized spacial score (nSPS) is 12.4. The molecule has 0 aromatic heterocycles. The number of hydrogen-bond acceptors (Lipinski definition) is 3. The molecule has 1 aromatic carbocycles. The Labute approximate surface area is 124 Å². The van der Waals surface area contributed by atoms with Crippen LogP contribution in [0, 0.1) is 0 Å². The Kier molecular flexibility index (Phi) is 6.72. The topological polar surface area (TPSA) is 30.5 Å². The van der Waals surface area contributed by atoms with Crippen LogP contribution >= 0.6 is 0 Å². The molecule has 1 aromatic rings. The number of hydrogen-bond donors (Lipinski definition) is 1. The first-order valence-electron chi connectivity index (χ1n) is 7.48. The fourth-order valence-electron chi connectivity index (χ4n) is 2.40. The molecule has 1 rings (SSSR count). The Bertz CT molecular complexity index is 379. The lowest BCUT2D eigenvalue weighted by atomic mass is 10.0. The second-order valence-corrected chi connectivity index (χ2v) is 9.38. The van der Waals surface area contributed by atoms with Crippen LogP contribution in [0.4, 0.5) is 5.69 Å². The molecule has 0 aliphatic heterocycles. The van der Waals surface area contributed by atoms with Crippen LogP contribution in [-0.4, -0.2) is 27.3 Å². The summed E-state index contributed by atoms with van der Waals surface area (Å²) in [4.78, 5) is 0. The van der Waals surface area contributed by atoms with E-state index in [-0.39, 0.29) is 5.60 Å². The minimum absolute atomic E-state index is 0.122. The maximum atomic E-state index is 6.21. The van der Waals surface area contributed by atoms with Crippen LogP contribution in [0.15, 0.2) is 30.3 Å². The van der Waals surface area contributed by atoms with Crippen molar-refractivity contribution in [1.29, 1.82) is 0 Å². The van der Waals surface area contributed by atoms with E-state index in [1.807, 2.05) is 25.1 Å². The van der Waals surface area contributed by atoms with Gasteiger partial charge in [0.25, 0.3) is 0 Å². The number of nitrogens with one attached hydrogen (secondary N) is 1. The lowest BCUT2D eigenvalue weighted by molar-refractivity contribution is 0.0483. The SMILES string of the molecule is CCO[Si](C)(C)OC(C)(C)CCCNc1ccccc1. The van der Waals surface area contributed by atoms with Gasteiger partial charge in [0.2, 0.25) is 0 Å². The standard InChI is InChI=1S/C16H29NO2Si/c1-6-18-20(4,5)19-16(2,3)13-10-14-17-15-11-8-7-9-12-15/h7-9,11-12,17H,6,10,13-14H2,1-5H3. The molecule has 4 heteroatoms. The van der Waals surface area contributed by atoms with Crippen LogP contribution < -0.4 is 5.32 Å². The zero-order valence-electron chi connectivity index (χ0n) is 13.5. The van der Waals surface area contributed by atoms with Crippen molar-refractivity contribution in [2.75, 3.05) is 18.5 Å². The molecule has 0 heterocycles. The zero-order chi connectivity index (χ0) is 15.1. The van der Waals surface area contributed by atoms with Crippen molar-refractivity contribution < 1.29 is 8.85 Å². The molecule has 0 amide bonds. The van der Waals surface area contributed by atoms with Gasteiger partial charge in [0, 0.05) is 18.8 Å². The molecule has 0 radical (unpaired) electrons. The van der Waals surface area contributed by atoms with Gasteiger partial charge in [0.1, 0.15) is 0 Å². The number of rotatable bonds is 9. The second kappa shape index (κ2) is 7.81. The second-order valence-electron chi connectivity index (χ2n) is 6.09. The van der Waals surface area contributed by atoms with E-state index in [4.69, 9.17) is 8.85 Å². The van der Waals surface area contributed by atoms with Gasteiger partial charge in [-0.3, -0.25) is 0 Å². The summed E-state index contributed by atoms with van der Waals surface area (Å²) in [7, 11) is -1.98. The molecule has 3 nitrogen and oxygen atoms in total. The fourth-order valence-corrected chi connectivity index (χ4v) is 4.58. The summed E-state index contributed by atoms with van der Waals surface area (Å²) in [6.45, 7) is 12.3. The third-order valence-electron chi connectivity index (χ3n) is 3.07. The molecule has 0 unspecified atom stereocenters. The van der Waals surface area contributed by atoms with Crippen LogP contribution in [0.2, 0.25) is 13.1 Å². The van der Waals surface area contributed by atoms with E-state index in [9.17, 15) is 0 Å². The van der Waals surface area contributed by atoms with E-state index in [0.717, 1.165) is 26.0 Å². The molecule has 0 saturated carbocycles. The minimum atomic E-state index is -1.98. The van der Waals surface area contributed by atoms with E-state index >= 15 is 0 Å². The Morgan fingerprint density at radius 3 is 2.40 bits per heavy atom. The van der Waals surface area contributed by atoms with Gasteiger partial charge in [-0.05, 0) is 58.8 Å². The molecular weight excluding hydrogens is 266 g/mol. The summed E-state index contributed by atoms with van der Waals surface area (Å²) in [6, 6.07) is 10.3. The summed E-state index contributed by atoms with van der Waals surface area (Å²) in [5.74, 6) is 0. The molecule has 0 saturated heterocycles. The Morgan fingerprint density at radius 1 is 1.15 bits per heavy atom. The van der Waals surface area contributed by atoms with Crippen LogP contribution in [0.1, 0.15) is 33.6 Å². The van der Waals surface area contributed by atoms with E-state index in [1.54, 1.807) is 0 Å². The van der Waals surface area contributed by atoms with Gasteiger partial charge >= 0.3 is 8.56 Å². The highest BCUT2D eigenvalue weighted by atomic mass is 28.4. The van der Waals surface area contributed by atoms with Crippen molar-refractivity contribution >= 4 is 14.2 Å². The highest BCUT2D eigenvalue weighted by Crippen LogP contribution is 2.23. The monoisotopic (exact) mass is 295 g/mol. The third-order valence-corrected chi connectivity index (χ3v) is 5.10. The molecule has 1 N–H and O–H groups in total. The van der Waals surface area contributed by atoms with E-state index in [2.05, 4.69) is 44.4 Å². The maximum absolute atomic E-state index is 6.21. The highest BCUT2D eigenvalue weighted by Gasteiger charge is 2.32. The lowest BCUT2D eigenvalue weighted by Crippen LogP contribution is -2.43. The predicted molar refractivity (Wildman–Crippen MR) is 88.4 cm³/mol. The molecule has 0 fully saturated rings. The smallest absolute Gasteiger partial charge is 0.332 e. The van der Waals surface area contributed by atoms with Crippen LogP contribution in [-0.2, 0) is 8.85 Å². The Morgan fingerprint density at radius 2 is 1.80 bits per heavy atom. The Balaban J connectivity index is 2.29. The summed E-state index contributed by atoms with van der Waals surface area (Å²) in [6.07, 6.45) is 2.11. The largest absolute Gasteiger partial charge is 0.395 e. The van der Waals surface area contributed by atoms with Crippen molar-refractivity contribution in [3.8, 4) is 0 Å². The Hall–Kier alpha value is -0.843. The van der Waals surface area contributed by atoms with Crippen molar-refractivity contribution in [2.45, 2.75) is 52.3 Å². The van der Waals surface area contributed by atoms with Gasteiger partial charge in [0.05, 0.1) is 5.60 Å². The summed E-state index contributed by atoms with van der Waals surface area (Å²) < 4.78 is 11.9. The first-order valence-corrected chi connectivity index (χ1v) is 10.3. The predicted octanol–water partition coefficient (Wildman–Crippen LogP) is 4.41. The summed E-state index contributed by atoms with van der Waals surface area (Å²) >= 11 is 0. The number of para-hydroxylation sites is 1. The number of benzene rings is 1. The first-order chi connectivity index (χ1) is 9.35. The zero-order valence-corrected chi connectivity index (χ0v) is 14.5. The van der Waals surface area contributed by atoms with Gasteiger partial charge in [0.15, 0.2) is 0 Å². The van der Waals surface area contributed by atoms with Gasteiger partial charge < -0.3 is 14.2 Å². The lowest BCUT2D eigenvalue weighted by Gasteiger charge is -2.34. The third kappa shape index (κ3) is 7.08. The van der Waals surface area contributed by atoms with E-state index < -0.39 is 8.56 Å². The van der Waals surface area contributed by atoms with Crippen LogP contribution in [0.3, 0.4) is 0 Å². The molecule has 0 aliphatic rings. The summed E-state index contributed by atoms with van der Waals surface area (Å²) in [5, 5.41) is 3.43. The van der Waals surface area contributed by atoms with E-state index in [0.29, 0.717) is 0 Å². The number of anilines is 1. The fraction of sp³-hybridized carbons (Fsp3) is 0.625. The molecular formula is C16H29NO2Si. The van der Waals surface area contributed by atoms with Crippen LogP contribution in [0.25, 0.3) is 0 Å². The van der Waals surface area contributed by atoms with Gasteiger partial charge in [-0.15, -0.1) is 0 Å². The van der Waals surface area contributed by atoms with Crippen molar-refractivity contribution in [2.24, 2.45) is 0 Å². The average Bonchev–Trinajstić information content (AvgIpc) is 2.34. The molecule has 20 heavy (non-hydrogen) atoms. The van der Waals surface area contributed by atoms with Crippen molar-refractivity contribution in [1.82, 2.24) is 0 Å².